The molecule has 7 nitrogen and oxygen atoms in total. The minimum absolute atomic E-state index is 0.0235. The topological polar surface area (TPSA) is 94.0 Å². The third kappa shape index (κ3) is 4.83. The molecule has 0 saturated carbocycles. The van der Waals surface area contributed by atoms with Gasteiger partial charge in [0, 0.05) is 22.7 Å². The Morgan fingerprint density at radius 1 is 0.921 bits per heavy atom. The van der Waals surface area contributed by atoms with Crippen LogP contribution >= 0.6 is 11.8 Å². The van der Waals surface area contributed by atoms with E-state index >= 15 is 0 Å². The highest BCUT2D eigenvalue weighted by Crippen LogP contribution is 2.41. The van der Waals surface area contributed by atoms with Gasteiger partial charge < -0.3 is 4.40 Å². The van der Waals surface area contributed by atoms with Gasteiger partial charge in [0.1, 0.15) is 11.5 Å². The quantitative estimate of drug-likeness (QED) is 0.129. The summed E-state index contributed by atoms with van der Waals surface area (Å²) in [5, 5.41) is 11.6. The first kappa shape index (κ1) is 25.4. The van der Waals surface area contributed by atoms with Gasteiger partial charge in [-0.05, 0) is 55.0 Å². The molecule has 190 valence electrons. The minimum atomic E-state index is -4.21. The van der Waals surface area contributed by atoms with Crippen molar-refractivity contribution in [1.29, 1.82) is 0 Å². The van der Waals surface area contributed by atoms with E-state index in [0.717, 1.165) is 22.5 Å². The lowest BCUT2D eigenvalue weighted by Gasteiger charge is -2.10. The van der Waals surface area contributed by atoms with E-state index in [1.54, 1.807) is 48.7 Å². The molecule has 3 aromatic carbocycles. The van der Waals surface area contributed by atoms with Gasteiger partial charge in [-0.15, -0.1) is 0 Å². The number of nitro groups is 1. The molecule has 0 bridgehead atoms. The number of halogens is 1. The highest BCUT2D eigenvalue weighted by atomic mass is 32.2. The summed E-state index contributed by atoms with van der Waals surface area (Å²) in [6.07, 6.45) is 1.80. The fraction of sp³-hybridized carbons (Fsp3) is 0.0357. The van der Waals surface area contributed by atoms with Crippen LogP contribution in [0.1, 0.15) is 16.8 Å². The number of hydrogen-bond donors (Lipinski definition) is 0. The lowest BCUT2D eigenvalue weighted by Crippen LogP contribution is -2.12. The maximum atomic E-state index is 13.5. The average molecular weight is 546 g/mol. The lowest BCUT2D eigenvalue weighted by molar-refractivity contribution is -0.387. The summed E-state index contributed by atoms with van der Waals surface area (Å²) in [5.41, 5.74) is 2.71. The molecule has 2 heterocycles. The van der Waals surface area contributed by atoms with E-state index in [1.807, 2.05) is 35.6 Å². The summed E-state index contributed by atoms with van der Waals surface area (Å²) in [5.74, 6) is -0.554. The third-order valence-corrected chi connectivity index (χ3v) is 8.47. The van der Waals surface area contributed by atoms with Crippen LogP contribution in [0.5, 0.6) is 0 Å². The SMILES string of the molecule is Cc1c(Sc2ccccc2[N+](=O)[O-])c2ccccn2c1C(=NS(=O)(=O)c1ccc(F)cc1)c1ccccc1. The second kappa shape index (κ2) is 10.2. The van der Waals surface area contributed by atoms with Crippen LogP contribution in [-0.4, -0.2) is 23.5 Å². The molecule has 5 aromatic rings. The zero-order chi connectivity index (χ0) is 26.9. The molecule has 0 unspecified atom stereocenters. The Balaban J connectivity index is 1.76. The number of aromatic nitrogens is 1. The van der Waals surface area contributed by atoms with Gasteiger partial charge in [-0.25, -0.2) is 4.39 Å². The van der Waals surface area contributed by atoms with Gasteiger partial charge >= 0.3 is 0 Å². The maximum Gasteiger partial charge on any atom is 0.283 e. The summed E-state index contributed by atoms with van der Waals surface area (Å²) in [6.45, 7) is 1.84. The highest BCUT2D eigenvalue weighted by molar-refractivity contribution is 7.99. The molecular weight excluding hydrogens is 525 g/mol. The van der Waals surface area contributed by atoms with Gasteiger partial charge in [-0.1, -0.05) is 60.3 Å². The Kier molecular flexibility index (Phi) is 6.83. The van der Waals surface area contributed by atoms with Crippen molar-refractivity contribution in [2.75, 3.05) is 0 Å². The first-order valence-electron chi connectivity index (χ1n) is 11.4. The Hall–Kier alpha value is -4.28. The molecule has 0 radical (unpaired) electrons. The number of sulfonamides is 1. The molecule has 0 aliphatic carbocycles. The molecule has 0 aliphatic heterocycles. The van der Waals surface area contributed by atoms with Crippen molar-refractivity contribution in [2.45, 2.75) is 21.6 Å². The van der Waals surface area contributed by atoms with E-state index in [2.05, 4.69) is 4.40 Å². The van der Waals surface area contributed by atoms with Crippen LogP contribution in [0.25, 0.3) is 5.52 Å². The van der Waals surface area contributed by atoms with Crippen molar-refractivity contribution in [1.82, 2.24) is 4.40 Å². The average Bonchev–Trinajstić information content (AvgIpc) is 3.19. The van der Waals surface area contributed by atoms with Crippen LogP contribution in [0.2, 0.25) is 0 Å². The predicted octanol–water partition coefficient (Wildman–Crippen LogP) is 6.67. The van der Waals surface area contributed by atoms with E-state index in [0.29, 0.717) is 21.7 Å². The summed E-state index contributed by atoms with van der Waals surface area (Å²) in [6, 6.07) is 25.4. The maximum absolute atomic E-state index is 13.5. The number of benzene rings is 3. The molecule has 0 aliphatic rings. The second-order valence-corrected chi connectivity index (χ2v) is 11.0. The van der Waals surface area contributed by atoms with E-state index in [4.69, 9.17) is 0 Å². The highest BCUT2D eigenvalue weighted by Gasteiger charge is 2.25. The number of pyridine rings is 1. The van der Waals surface area contributed by atoms with Crippen molar-refractivity contribution < 1.29 is 17.7 Å². The molecule has 5 rings (SSSR count). The van der Waals surface area contributed by atoms with Crippen LogP contribution in [0.15, 0.2) is 122 Å². The molecule has 0 atom stereocenters. The number of fused-ring (bicyclic) bond motifs is 1. The van der Waals surface area contributed by atoms with Crippen LogP contribution in [0.4, 0.5) is 10.1 Å². The summed E-state index contributed by atoms with van der Waals surface area (Å²) < 4.78 is 46.3. The monoisotopic (exact) mass is 545 g/mol. The van der Waals surface area contributed by atoms with E-state index < -0.39 is 20.8 Å². The number of para-hydroxylation sites is 1. The Morgan fingerprint density at radius 3 is 2.29 bits per heavy atom. The predicted molar refractivity (Wildman–Crippen MR) is 145 cm³/mol. The number of hydrogen-bond acceptors (Lipinski definition) is 5. The van der Waals surface area contributed by atoms with E-state index in [1.165, 1.54) is 30.0 Å². The van der Waals surface area contributed by atoms with Crippen molar-refractivity contribution in [2.24, 2.45) is 4.40 Å². The van der Waals surface area contributed by atoms with Crippen LogP contribution in [0, 0.1) is 22.9 Å². The zero-order valence-corrected chi connectivity index (χ0v) is 21.6. The Morgan fingerprint density at radius 2 is 1.58 bits per heavy atom. The normalized spacial score (nSPS) is 12.1. The molecule has 0 fully saturated rings. The fourth-order valence-electron chi connectivity index (χ4n) is 4.14. The Bertz CT molecular complexity index is 1800. The first-order chi connectivity index (χ1) is 18.3. The van der Waals surface area contributed by atoms with Crippen molar-refractivity contribution in [3.8, 4) is 0 Å². The smallest absolute Gasteiger partial charge is 0.283 e. The van der Waals surface area contributed by atoms with Crippen LogP contribution < -0.4 is 0 Å². The second-order valence-electron chi connectivity index (χ2n) is 8.32. The molecular formula is C28H20FN3O4S2. The number of rotatable bonds is 7. The zero-order valence-electron chi connectivity index (χ0n) is 20.0. The minimum Gasteiger partial charge on any atom is -0.314 e. The summed E-state index contributed by atoms with van der Waals surface area (Å²) >= 11 is 1.24. The Labute approximate surface area is 222 Å². The van der Waals surface area contributed by atoms with Gasteiger partial charge in [0.25, 0.3) is 15.7 Å². The molecule has 0 spiro atoms. The largest absolute Gasteiger partial charge is 0.314 e. The molecule has 0 amide bonds. The van der Waals surface area contributed by atoms with Crippen LogP contribution in [-0.2, 0) is 10.0 Å². The molecule has 0 saturated heterocycles. The van der Waals surface area contributed by atoms with Crippen molar-refractivity contribution >= 4 is 38.7 Å². The molecule has 0 N–H and O–H groups in total. The van der Waals surface area contributed by atoms with Gasteiger partial charge in [0.15, 0.2) is 0 Å². The third-order valence-electron chi connectivity index (χ3n) is 5.90. The number of nitrogens with zero attached hydrogens (tertiary/aromatic N) is 3. The van der Waals surface area contributed by atoms with E-state index in [-0.39, 0.29) is 16.3 Å². The first-order valence-corrected chi connectivity index (χ1v) is 13.7. The van der Waals surface area contributed by atoms with E-state index in [9.17, 15) is 22.9 Å². The van der Waals surface area contributed by atoms with Gasteiger partial charge in [-0.3, -0.25) is 10.1 Å². The van der Waals surface area contributed by atoms with Crippen molar-refractivity contribution in [3.63, 3.8) is 0 Å². The van der Waals surface area contributed by atoms with Crippen LogP contribution in [0.3, 0.4) is 0 Å². The number of nitro benzene ring substituents is 1. The molecule has 38 heavy (non-hydrogen) atoms. The van der Waals surface area contributed by atoms with Crippen molar-refractivity contribution in [3.05, 3.63) is 136 Å². The van der Waals surface area contributed by atoms with Gasteiger partial charge in [0.2, 0.25) is 0 Å². The molecule has 10 heteroatoms. The fourth-order valence-corrected chi connectivity index (χ4v) is 6.29. The standard InChI is InChI=1S/C28H20FN3O4S2/c1-19-27(26(20-9-3-2-4-10-20)30-38(35,36)22-16-14-21(29)15-17-22)31-18-8-7-12-24(31)28(19)37-25-13-6-5-11-23(25)32(33)34/h2-18H,1H3. The summed E-state index contributed by atoms with van der Waals surface area (Å²) in [7, 11) is -4.21. The lowest BCUT2D eigenvalue weighted by atomic mass is 10.1. The van der Waals surface area contributed by atoms with Gasteiger partial charge in [0.05, 0.1) is 25.9 Å². The molecule has 2 aromatic heterocycles. The van der Waals surface area contributed by atoms with Gasteiger partial charge in [-0.2, -0.15) is 12.8 Å². The summed E-state index contributed by atoms with van der Waals surface area (Å²) in [4.78, 5) is 12.3.